The average Bonchev–Trinajstić information content (AvgIpc) is 2.32. The van der Waals surface area contributed by atoms with Crippen LogP contribution in [0.5, 0.6) is 0 Å². The molecule has 100 valence electrons. The van der Waals surface area contributed by atoms with Gasteiger partial charge in [0.05, 0.1) is 0 Å². The molecular formula is C15H30N2. The smallest absolute Gasteiger partial charge is 0.0238 e. The molecule has 0 fully saturated rings. The van der Waals surface area contributed by atoms with Crippen molar-refractivity contribution in [2.75, 3.05) is 6.54 Å². The van der Waals surface area contributed by atoms with Crippen LogP contribution in [-0.4, -0.2) is 12.6 Å². The van der Waals surface area contributed by atoms with E-state index in [1.807, 2.05) is 0 Å². The normalized spacial score (nSPS) is 12.3. The molecule has 0 amide bonds. The molecule has 0 spiro atoms. The Labute approximate surface area is 108 Å². The zero-order valence-corrected chi connectivity index (χ0v) is 11.3. The third-order valence-electron chi connectivity index (χ3n) is 3.16. The molecule has 0 aliphatic carbocycles. The lowest BCUT2D eigenvalue weighted by Crippen LogP contribution is -2.18. The third-order valence-corrected chi connectivity index (χ3v) is 3.16. The van der Waals surface area contributed by atoms with Gasteiger partial charge in [0.1, 0.15) is 0 Å². The van der Waals surface area contributed by atoms with Crippen LogP contribution in [0.25, 0.3) is 0 Å². The van der Waals surface area contributed by atoms with Crippen LogP contribution in [0.1, 0.15) is 70.6 Å². The fourth-order valence-corrected chi connectivity index (χ4v) is 2.04. The minimum absolute atomic E-state index is 0.219. The van der Waals surface area contributed by atoms with Crippen LogP contribution in [0.3, 0.4) is 0 Å². The van der Waals surface area contributed by atoms with Crippen molar-refractivity contribution in [1.82, 2.24) is 0 Å². The summed E-state index contributed by atoms with van der Waals surface area (Å²) in [6.07, 6.45) is 18.9. The van der Waals surface area contributed by atoms with Crippen molar-refractivity contribution in [3.8, 4) is 12.3 Å². The Bertz CT molecular complexity index is 184. The van der Waals surface area contributed by atoms with Crippen molar-refractivity contribution in [2.45, 2.75) is 76.7 Å². The number of hydrogen-bond donors (Lipinski definition) is 2. The molecule has 4 N–H and O–H groups in total. The van der Waals surface area contributed by atoms with E-state index in [4.69, 9.17) is 17.9 Å². The molecule has 0 aliphatic rings. The first-order chi connectivity index (χ1) is 8.31. The second-order valence-corrected chi connectivity index (χ2v) is 4.93. The summed E-state index contributed by atoms with van der Waals surface area (Å²) in [6, 6.07) is 0.219. The molecule has 0 aliphatic heterocycles. The van der Waals surface area contributed by atoms with Gasteiger partial charge in [-0.05, 0) is 19.4 Å². The number of unbranched alkanes of at least 4 members (excludes halogenated alkanes) is 8. The lowest BCUT2D eigenvalue weighted by molar-refractivity contribution is 0.526. The topological polar surface area (TPSA) is 52.0 Å². The molecule has 1 atom stereocenters. The first-order valence-corrected chi connectivity index (χ1v) is 7.20. The van der Waals surface area contributed by atoms with Gasteiger partial charge in [0.2, 0.25) is 0 Å². The highest BCUT2D eigenvalue weighted by Gasteiger charge is 1.99. The van der Waals surface area contributed by atoms with Crippen LogP contribution >= 0.6 is 0 Å². The molecule has 0 heterocycles. The fraction of sp³-hybridized carbons (Fsp3) is 0.867. The van der Waals surface area contributed by atoms with E-state index in [1.165, 1.54) is 57.8 Å². The van der Waals surface area contributed by atoms with Crippen molar-refractivity contribution in [3.05, 3.63) is 0 Å². The van der Waals surface area contributed by atoms with Crippen LogP contribution < -0.4 is 11.5 Å². The van der Waals surface area contributed by atoms with Gasteiger partial charge < -0.3 is 11.5 Å². The number of hydrogen-bond acceptors (Lipinski definition) is 2. The van der Waals surface area contributed by atoms with E-state index >= 15 is 0 Å². The van der Waals surface area contributed by atoms with E-state index in [0.717, 1.165) is 19.4 Å². The van der Waals surface area contributed by atoms with Gasteiger partial charge in [-0.15, -0.1) is 12.3 Å². The summed E-state index contributed by atoms with van der Waals surface area (Å²) in [5.41, 5.74) is 11.3. The van der Waals surface area contributed by atoms with Crippen LogP contribution in [0.15, 0.2) is 0 Å². The quantitative estimate of drug-likeness (QED) is 0.405. The van der Waals surface area contributed by atoms with E-state index < -0.39 is 0 Å². The van der Waals surface area contributed by atoms with E-state index in [0.29, 0.717) is 0 Å². The van der Waals surface area contributed by atoms with Crippen LogP contribution in [0, 0.1) is 12.3 Å². The predicted octanol–water partition coefficient (Wildman–Crippen LogP) is 3.20. The standard InChI is InChI=1S/C15H30N2/c1-2-12-15(17)13-10-8-6-4-3-5-7-9-11-14-16/h1,15H,3-14,16-17H2. The largest absolute Gasteiger partial charge is 0.330 e. The maximum Gasteiger partial charge on any atom is 0.0238 e. The van der Waals surface area contributed by atoms with Crippen molar-refractivity contribution in [2.24, 2.45) is 11.5 Å². The maximum atomic E-state index is 5.84. The molecule has 1 unspecified atom stereocenters. The van der Waals surface area contributed by atoms with E-state index in [2.05, 4.69) is 5.92 Å². The highest BCUT2D eigenvalue weighted by molar-refractivity contribution is 4.88. The molecule has 2 heteroatoms. The predicted molar refractivity (Wildman–Crippen MR) is 76.6 cm³/mol. The van der Waals surface area contributed by atoms with Crippen molar-refractivity contribution >= 4 is 0 Å². The zero-order valence-electron chi connectivity index (χ0n) is 11.3. The summed E-state index contributed by atoms with van der Waals surface area (Å²) in [4.78, 5) is 0. The molecule has 0 rings (SSSR count). The van der Waals surface area contributed by atoms with Crippen molar-refractivity contribution in [1.29, 1.82) is 0 Å². The number of nitrogens with two attached hydrogens (primary N) is 2. The minimum Gasteiger partial charge on any atom is -0.330 e. The van der Waals surface area contributed by atoms with Gasteiger partial charge in [0, 0.05) is 12.5 Å². The summed E-state index contributed by atoms with van der Waals surface area (Å²) in [5.74, 6) is 2.62. The van der Waals surface area contributed by atoms with E-state index in [1.54, 1.807) is 0 Å². The fourth-order valence-electron chi connectivity index (χ4n) is 2.04. The Morgan fingerprint density at radius 2 is 1.29 bits per heavy atom. The van der Waals surface area contributed by atoms with Gasteiger partial charge in [-0.1, -0.05) is 51.4 Å². The second-order valence-electron chi connectivity index (χ2n) is 4.93. The summed E-state index contributed by atoms with van der Waals surface area (Å²) < 4.78 is 0. The molecule has 0 aromatic rings. The Morgan fingerprint density at radius 3 is 1.76 bits per heavy atom. The summed E-state index contributed by atoms with van der Waals surface area (Å²) in [5, 5.41) is 0. The van der Waals surface area contributed by atoms with Gasteiger partial charge in [0.25, 0.3) is 0 Å². The molecule has 0 saturated carbocycles. The Balaban J connectivity index is 3.01. The van der Waals surface area contributed by atoms with Crippen LogP contribution in [-0.2, 0) is 0 Å². The Morgan fingerprint density at radius 1 is 0.824 bits per heavy atom. The summed E-state index contributed by atoms with van der Waals surface area (Å²) in [6.45, 7) is 0.845. The van der Waals surface area contributed by atoms with Crippen molar-refractivity contribution < 1.29 is 0 Å². The van der Waals surface area contributed by atoms with Gasteiger partial charge >= 0.3 is 0 Å². The Kier molecular flexibility index (Phi) is 13.1. The first kappa shape index (κ1) is 16.5. The highest BCUT2D eigenvalue weighted by Crippen LogP contribution is 2.11. The SMILES string of the molecule is C#CCC(N)CCCCCCCCCCCN. The average molecular weight is 238 g/mol. The number of terminal acetylenes is 1. The monoisotopic (exact) mass is 238 g/mol. The Hall–Kier alpha value is -0.520. The van der Waals surface area contributed by atoms with E-state index in [9.17, 15) is 0 Å². The lowest BCUT2D eigenvalue weighted by atomic mass is 10.0. The third kappa shape index (κ3) is 13.4. The molecular weight excluding hydrogens is 208 g/mol. The zero-order chi connectivity index (χ0) is 12.8. The van der Waals surface area contributed by atoms with Gasteiger partial charge in [0.15, 0.2) is 0 Å². The maximum absolute atomic E-state index is 5.84. The molecule has 0 aromatic carbocycles. The van der Waals surface area contributed by atoms with Crippen LogP contribution in [0.2, 0.25) is 0 Å². The van der Waals surface area contributed by atoms with Gasteiger partial charge in [-0.2, -0.15) is 0 Å². The lowest BCUT2D eigenvalue weighted by Gasteiger charge is -2.07. The van der Waals surface area contributed by atoms with Gasteiger partial charge in [-0.25, -0.2) is 0 Å². The molecule has 0 aromatic heterocycles. The first-order valence-electron chi connectivity index (χ1n) is 7.20. The summed E-state index contributed by atoms with van der Waals surface area (Å²) >= 11 is 0. The summed E-state index contributed by atoms with van der Waals surface area (Å²) in [7, 11) is 0. The number of rotatable bonds is 12. The molecule has 17 heavy (non-hydrogen) atoms. The molecule has 0 bridgehead atoms. The second kappa shape index (κ2) is 13.5. The molecule has 0 radical (unpaired) electrons. The highest BCUT2D eigenvalue weighted by atomic mass is 14.6. The van der Waals surface area contributed by atoms with Crippen LogP contribution in [0.4, 0.5) is 0 Å². The van der Waals surface area contributed by atoms with E-state index in [-0.39, 0.29) is 6.04 Å². The minimum atomic E-state index is 0.219. The molecule has 0 saturated heterocycles. The van der Waals surface area contributed by atoms with Gasteiger partial charge in [-0.3, -0.25) is 0 Å². The molecule has 2 nitrogen and oxygen atoms in total. The van der Waals surface area contributed by atoms with Crippen molar-refractivity contribution in [3.63, 3.8) is 0 Å².